The Kier molecular flexibility index (Phi) is 7.37. The second-order valence-electron chi connectivity index (χ2n) is 7.73. The summed E-state index contributed by atoms with van der Waals surface area (Å²) in [5.41, 5.74) is 7.75. The zero-order valence-electron chi connectivity index (χ0n) is 18.3. The third-order valence-corrected chi connectivity index (χ3v) is 8.66. The topological polar surface area (TPSA) is 194 Å². The summed E-state index contributed by atoms with van der Waals surface area (Å²) in [6, 6.07) is 7.36. The second-order valence-corrected chi connectivity index (χ2v) is 10.6. The van der Waals surface area contributed by atoms with Crippen molar-refractivity contribution >= 4 is 46.6 Å². The SMILES string of the molecule is NCc1ccccc1CC(=O)N[S+]1CC(CSc2nnnn2CC(=O)O)=C(C(=O)O)N2C(=O)C[C@H]21. The number of thioether (sulfide) groups is 1. The van der Waals surface area contributed by atoms with Crippen LogP contribution < -0.4 is 10.5 Å². The molecule has 0 spiro atoms. The van der Waals surface area contributed by atoms with Gasteiger partial charge in [-0.3, -0.25) is 19.3 Å². The lowest BCUT2D eigenvalue weighted by Gasteiger charge is -2.41. The summed E-state index contributed by atoms with van der Waals surface area (Å²) in [4.78, 5) is 49.5. The molecule has 2 atom stereocenters. The Labute approximate surface area is 206 Å². The van der Waals surface area contributed by atoms with E-state index in [9.17, 15) is 24.3 Å². The number of nitrogens with one attached hydrogen (secondary N) is 1. The largest absolute Gasteiger partial charge is 0.480 e. The average molecular weight is 521 g/mol. The second kappa shape index (κ2) is 10.5. The van der Waals surface area contributed by atoms with Crippen molar-refractivity contribution in [1.82, 2.24) is 29.8 Å². The number of carboxylic acids is 2. The molecular weight excluding hydrogens is 498 g/mol. The van der Waals surface area contributed by atoms with Crippen LogP contribution in [0, 0.1) is 0 Å². The summed E-state index contributed by atoms with van der Waals surface area (Å²) < 4.78 is 4.07. The minimum Gasteiger partial charge on any atom is -0.480 e. The molecule has 4 rings (SSSR count). The highest BCUT2D eigenvalue weighted by Crippen LogP contribution is 2.38. The van der Waals surface area contributed by atoms with E-state index in [0.29, 0.717) is 12.1 Å². The first kappa shape index (κ1) is 24.7. The van der Waals surface area contributed by atoms with Crippen LogP contribution in [0.3, 0.4) is 0 Å². The fraction of sp³-hybridized carbons (Fsp3) is 0.350. The fourth-order valence-corrected chi connectivity index (χ4v) is 7.05. The number of hydrogen-bond acceptors (Lipinski definition) is 9. The number of tetrazole rings is 1. The van der Waals surface area contributed by atoms with Crippen LogP contribution in [0.25, 0.3) is 0 Å². The van der Waals surface area contributed by atoms with E-state index in [2.05, 4.69) is 20.2 Å². The lowest BCUT2D eigenvalue weighted by Crippen LogP contribution is -2.63. The molecule has 0 bridgehead atoms. The van der Waals surface area contributed by atoms with Crippen molar-refractivity contribution in [2.24, 2.45) is 5.73 Å². The van der Waals surface area contributed by atoms with Crippen molar-refractivity contribution in [1.29, 1.82) is 0 Å². The van der Waals surface area contributed by atoms with Crippen LogP contribution in [0.1, 0.15) is 17.5 Å². The number of aromatic nitrogens is 4. The van der Waals surface area contributed by atoms with Gasteiger partial charge in [-0.15, -0.1) is 5.10 Å². The van der Waals surface area contributed by atoms with Gasteiger partial charge in [0.25, 0.3) is 5.91 Å². The molecule has 0 aliphatic carbocycles. The summed E-state index contributed by atoms with van der Waals surface area (Å²) in [6.45, 7) is -0.148. The van der Waals surface area contributed by atoms with Crippen molar-refractivity contribution in [2.75, 3.05) is 11.5 Å². The van der Waals surface area contributed by atoms with E-state index in [1.165, 1.54) is 4.90 Å². The number of fused-ring (bicyclic) bond motifs is 1. The maximum absolute atomic E-state index is 12.8. The molecule has 3 heterocycles. The van der Waals surface area contributed by atoms with Gasteiger partial charge in [-0.05, 0) is 21.6 Å². The summed E-state index contributed by atoms with van der Waals surface area (Å²) in [5.74, 6) is -2.59. The van der Waals surface area contributed by atoms with Gasteiger partial charge < -0.3 is 15.9 Å². The number of amides is 2. The van der Waals surface area contributed by atoms with Gasteiger partial charge >= 0.3 is 11.9 Å². The van der Waals surface area contributed by atoms with Crippen LogP contribution in [0.2, 0.25) is 0 Å². The maximum Gasteiger partial charge on any atom is 0.352 e. The van der Waals surface area contributed by atoms with E-state index in [1.807, 2.05) is 24.3 Å². The average Bonchev–Trinajstić information content (AvgIpc) is 3.24. The molecule has 13 nitrogen and oxygen atoms in total. The molecule has 2 aliphatic rings. The number of benzene rings is 1. The minimum atomic E-state index is -1.24. The number of β-lactam (4-membered cyclic amide) rings is 1. The van der Waals surface area contributed by atoms with E-state index >= 15 is 0 Å². The van der Waals surface area contributed by atoms with E-state index in [-0.39, 0.29) is 47.0 Å². The van der Waals surface area contributed by atoms with Gasteiger partial charge in [-0.1, -0.05) is 36.0 Å². The Morgan fingerprint density at radius 3 is 2.63 bits per heavy atom. The Morgan fingerprint density at radius 2 is 1.97 bits per heavy atom. The first-order valence-electron chi connectivity index (χ1n) is 10.4. The van der Waals surface area contributed by atoms with Gasteiger partial charge in [0.15, 0.2) is 5.75 Å². The van der Waals surface area contributed by atoms with Gasteiger partial charge in [0.05, 0.1) is 12.8 Å². The molecule has 184 valence electrons. The molecular formula is C20H22N7O6S2+. The summed E-state index contributed by atoms with van der Waals surface area (Å²) >= 11 is 0.254. The van der Waals surface area contributed by atoms with Crippen molar-refractivity contribution < 1.29 is 29.4 Å². The van der Waals surface area contributed by atoms with Crippen LogP contribution in [0.4, 0.5) is 0 Å². The quantitative estimate of drug-likeness (QED) is 0.172. The molecule has 2 aromatic rings. The Hall–Kier alpha value is -3.43. The number of rotatable bonds is 10. The van der Waals surface area contributed by atoms with Crippen LogP contribution in [-0.4, -0.2) is 76.0 Å². The molecule has 1 fully saturated rings. The van der Waals surface area contributed by atoms with E-state index in [0.717, 1.165) is 27.6 Å². The standard InChI is InChI=1S/C20H21N7O6S2/c21-7-12-4-2-1-3-11(12)5-14(28)23-35-10-13(18(19(32)33)27-15(29)6-16(27)35)9-34-20-22-24-25-26(20)8-17(30)31/h1-4,16H,5-10,21H2,(H2-,23,28,30,31,32,33)/p+1/t16-,35?/m1/s1. The van der Waals surface area contributed by atoms with E-state index in [1.54, 1.807) is 0 Å². The van der Waals surface area contributed by atoms with Gasteiger partial charge in [0, 0.05) is 17.9 Å². The van der Waals surface area contributed by atoms with Crippen LogP contribution >= 0.6 is 11.8 Å². The first-order valence-corrected chi connectivity index (χ1v) is 12.9. The van der Waals surface area contributed by atoms with Gasteiger partial charge in [-0.25, -0.2) is 9.48 Å². The number of hydrogen-bond donors (Lipinski definition) is 4. The zero-order chi connectivity index (χ0) is 25.1. The summed E-state index contributed by atoms with van der Waals surface area (Å²) in [5, 5.41) is 29.5. The van der Waals surface area contributed by atoms with Crippen molar-refractivity contribution in [3.8, 4) is 0 Å². The molecule has 1 aromatic carbocycles. The smallest absolute Gasteiger partial charge is 0.352 e. The summed E-state index contributed by atoms with van der Waals surface area (Å²) in [7, 11) is 0. The number of nitrogens with two attached hydrogens (primary N) is 1. The highest BCUT2D eigenvalue weighted by Gasteiger charge is 2.57. The molecule has 35 heavy (non-hydrogen) atoms. The van der Waals surface area contributed by atoms with Crippen LogP contribution in [-0.2, 0) is 49.8 Å². The monoisotopic (exact) mass is 520 g/mol. The van der Waals surface area contributed by atoms with Gasteiger partial charge in [-0.2, -0.15) is 4.72 Å². The predicted octanol–water partition coefficient (Wildman–Crippen LogP) is -0.889. The molecule has 1 aromatic heterocycles. The molecule has 2 amide bonds. The molecule has 0 radical (unpaired) electrons. The van der Waals surface area contributed by atoms with E-state index in [4.69, 9.17) is 10.8 Å². The lowest BCUT2D eigenvalue weighted by molar-refractivity contribution is -0.146. The van der Waals surface area contributed by atoms with Crippen LogP contribution in [0.15, 0.2) is 40.7 Å². The normalized spacial score (nSPS) is 19.2. The number of carbonyl (C=O) groups excluding carboxylic acids is 2. The summed E-state index contributed by atoms with van der Waals surface area (Å²) in [6.07, 6.45) is 0.262. The Bertz CT molecular complexity index is 1220. The van der Waals surface area contributed by atoms with Crippen molar-refractivity contribution in [3.63, 3.8) is 0 Å². The molecule has 1 unspecified atom stereocenters. The molecule has 0 saturated carbocycles. The molecule has 2 aliphatic heterocycles. The zero-order valence-corrected chi connectivity index (χ0v) is 19.9. The lowest BCUT2D eigenvalue weighted by atomic mass is 10.0. The minimum absolute atomic E-state index is 0.105. The third-order valence-electron chi connectivity index (χ3n) is 5.44. The molecule has 5 N–H and O–H groups in total. The van der Waals surface area contributed by atoms with Crippen molar-refractivity contribution in [2.45, 2.75) is 36.5 Å². The highest BCUT2D eigenvalue weighted by molar-refractivity contribution is 7.99. The fourth-order valence-electron chi connectivity index (χ4n) is 3.84. The highest BCUT2D eigenvalue weighted by atomic mass is 32.2. The first-order chi connectivity index (χ1) is 16.8. The number of aliphatic carboxylic acids is 2. The van der Waals surface area contributed by atoms with Crippen LogP contribution in [0.5, 0.6) is 0 Å². The molecule has 1 saturated heterocycles. The number of carbonyl (C=O) groups is 4. The van der Waals surface area contributed by atoms with Gasteiger partial charge in [0.2, 0.25) is 16.4 Å². The van der Waals surface area contributed by atoms with Gasteiger partial charge in [0.1, 0.15) is 23.3 Å². The Morgan fingerprint density at radius 1 is 1.23 bits per heavy atom. The molecule has 15 heteroatoms. The maximum atomic E-state index is 12.8. The predicted molar refractivity (Wildman–Crippen MR) is 125 cm³/mol. The number of carboxylic acid groups (broad SMARTS) is 2. The van der Waals surface area contributed by atoms with Crippen molar-refractivity contribution in [3.05, 3.63) is 46.7 Å². The van der Waals surface area contributed by atoms with E-state index < -0.39 is 34.9 Å². The Balaban J connectivity index is 1.52. The number of nitrogens with zero attached hydrogens (tertiary/aromatic N) is 5. The third kappa shape index (κ3) is 5.31.